The Bertz CT molecular complexity index is 457. The maximum absolute atomic E-state index is 12.8. The summed E-state index contributed by atoms with van der Waals surface area (Å²) < 4.78 is 75.1. The van der Waals surface area contributed by atoms with Gasteiger partial charge in [0.05, 0.1) is 5.56 Å². The Kier molecular flexibility index (Phi) is 3.11. The van der Waals surface area contributed by atoms with Crippen molar-refractivity contribution in [2.75, 3.05) is 0 Å². The average molecular weight is 244 g/mol. The fourth-order valence-electron chi connectivity index (χ4n) is 1.06. The maximum Gasteiger partial charge on any atom is 0.339 e. The van der Waals surface area contributed by atoms with Crippen LogP contribution in [-0.4, -0.2) is 11.1 Å². The first-order valence-corrected chi connectivity index (χ1v) is 3.66. The molecule has 0 aliphatic carbocycles. The second-order valence-electron chi connectivity index (χ2n) is 2.65. The molecule has 0 fully saturated rings. The van der Waals surface area contributed by atoms with Crippen LogP contribution < -0.4 is 0 Å². The lowest BCUT2D eigenvalue weighted by Gasteiger charge is -2.09. The fourth-order valence-corrected chi connectivity index (χ4v) is 1.06. The van der Waals surface area contributed by atoms with Gasteiger partial charge in [0.15, 0.2) is 23.3 Å². The molecule has 1 aromatic carbocycles. The topological polar surface area (TPSA) is 37.3 Å². The van der Waals surface area contributed by atoms with Gasteiger partial charge in [0.1, 0.15) is 5.56 Å². The van der Waals surface area contributed by atoms with Gasteiger partial charge in [-0.15, -0.1) is 0 Å². The number of aromatic carboxylic acids is 1. The second-order valence-corrected chi connectivity index (χ2v) is 2.65. The van der Waals surface area contributed by atoms with Crippen LogP contribution in [0.4, 0.5) is 26.3 Å². The Morgan fingerprint density at radius 2 is 1.38 bits per heavy atom. The summed E-state index contributed by atoms with van der Waals surface area (Å²) >= 11 is 0. The van der Waals surface area contributed by atoms with Gasteiger partial charge in [-0.25, -0.2) is 31.1 Å². The van der Waals surface area contributed by atoms with Crippen molar-refractivity contribution < 1.29 is 36.2 Å². The number of carboxylic acid groups (broad SMARTS) is 1. The highest BCUT2D eigenvalue weighted by atomic mass is 19.3. The normalized spacial score (nSPS) is 10.9. The zero-order valence-electron chi connectivity index (χ0n) is 7.20. The molecule has 0 amide bonds. The molecular weight excluding hydrogens is 242 g/mol. The molecule has 0 aliphatic rings. The minimum Gasteiger partial charge on any atom is -0.478 e. The zero-order valence-corrected chi connectivity index (χ0v) is 7.20. The molecular formula is C8H2F6O2. The van der Waals surface area contributed by atoms with Crippen molar-refractivity contribution in [1.29, 1.82) is 0 Å². The summed E-state index contributed by atoms with van der Waals surface area (Å²) in [6, 6.07) is 0. The summed E-state index contributed by atoms with van der Waals surface area (Å²) in [5, 5.41) is 8.31. The molecule has 1 N–H and O–H groups in total. The first-order valence-electron chi connectivity index (χ1n) is 3.66. The van der Waals surface area contributed by atoms with Gasteiger partial charge < -0.3 is 5.11 Å². The molecule has 0 unspecified atom stereocenters. The molecule has 0 aromatic heterocycles. The highest BCUT2D eigenvalue weighted by Crippen LogP contribution is 2.31. The monoisotopic (exact) mass is 244 g/mol. The smallest absolute Gasteiger partial charge is 0.339 e. The van der Waals surface area contributed by atoms with Gasteiger partial charge in [-0.2, -0.15) is 0 Å². The first-order chi connectivity index (χ1) is 7.29. The molecule has 0 atom stereocenters. The lowest BCUT2D eigenvalue weighted by Crippen LogP contribution is -2.13. The quantitative estimate of drug-likeness (QED) is 0.493. The molecule has 0 saturated carbocycles. The van der Waals surface area contributed by atoms with Crippen LogP contribution in [0.15, 0.2) is 0 Å². The summed E-state index contributed by atoms with van der Waals surface area (Å²) in [6.07, 6.45) is -3.78. The van der Waals surface area contributed by atoms with E-state index in [1.165, 1.54) is 0 Å². The van der Waals surface area contributed by atoms with Crippen molar-refractivity contribution in [3.8, 4) is 0 Å². The summed E-state index contributed by atoms with van der Waals surface area (Å²) in [6.45, 7) is 0. The number of carbonyl (C=O) groups is 1. The van der Waals surface area contributed by atoms with Crippen LogP contribution in [-0.2, 0) is 0 Å². The highest BCUT2D eigenvalue weighted by Gasteiger charge is 2.33. The summed E-state index contributed by atoms with van der Waals surface area (Å²) in [5.74, 6) is -12.0. The minimum absolute atomic E-state index is 1.91. The Morgan fingerprint density at radius 3 is 1.75 bits per heavy atom. The number of rotatable bonds is 2. The van der Waals surface area contributed by atoms with Crippen molar-refractivity contribution in [2.45, 2.75) is 6.43 Å². The van der Waals surface area contributed by atoms with E-state index in [-0.39, 0.29) is 0 Å². The molecule has 0 radical (unpaired) electrons. The highest BCUT2D eigenvalue weighted by molar-refractivity contribution is 5.90. The van der Waals surface area contributed by atoms with Gasteiger partial charge in [0.2, 0.25) is 0 Å². The van der Waals surface area contributed by atoms with Gasteiger partial charge in [-0.3, -0.25) is 0 Å². The van der Waals surface area contributed by atoms with Crippen LogP contribution in [0.5, 0.6) is 0 Å². The van der Waals surface area contributed by atoms with Crippen LogP contribution in [0.25, 0.3) is 0 Å². The van der Waals surface area contributed by atoms with E-state index in [0.29, 0.717) is 0 Å². The van der Waals surface area contributed by atoms with Crippen molar-refractivity contribution in [2.24, 2.45) is 0 Å². The van der Waals surface area contributed by atoms with Crippen molar-refractivity contribution >= 4 is 5.97 Å². The Morgan fingerprint density at radius 1 is 0.938 bits per heavy atom. The fraction of sp³-hybridized carbons (Fsp3) is 0.125. The molecule has 8 heteroatoms. The largest absolute Gasteiger partial charge is 0.478 e. The van der Waals surface area contributed by atoms with Crippen molar-refractivity contribution in [1.82, 2.24) is 0 Å². The molecule has 2 nitrogen and oxygen atoms in total. The molecule has 0 spiro atoms. The number of alkyl halides is 2. The predicted octanol–water partition coefficient (Wildman–Crippen LogP) is 2.88. The number of hydrogen-bond donors (Lipinski definition) is 1. The molecule has 0 heterocycles. The Labute approximate surface area is 84.1 Å². The van der Waals surface area contributed by atoms with Crippen molar-refractivity contribution in [3.63, 3.8) is 0 Å². The molecule has 0 bridgehead atoms. The van der Waals surface area contributed by atoms with E-state index in [4.69, 9.17) is 5.11 Å². The van der Waals surface area contributed by atoms with E-state index in [1.54, 1.807) is 0 Å². The van der Waals surface area contributed by atoms with E-state index >= 15 is 0 Å². The van der Waals surface area contributed by atoms with Crippen LogP contribution in [0.1, 0.15) is 22.3 Å². The van der Waals surface area contributed by atoms with Gasteiger partial charge in [0, 0.05) is 0 Å². The third-order valence-corrected chi connectivity index (χ3v) is 1.74. The number of halogens is 6. The van der Waals surface area contributed by atoms with E-state index in [9.17, 15) is 31.1 Å². The maximum atomic E-state index is 12.8. The lowest BCUT2D eigenvalue weighted by atomic mass is 10.1. The molecule has 0 saturated heterocycles. The first kappa shape index (κ1) is 12.3. The Balaban J connectivity index is 3.76. The third kappa shape index (κ3) is 1.70. The van der Waals surface area contributed by atoms with E-state index < -0.39 is 46.8 Å². The van der Waals surface area contributed by atoms with E-state index in [0.717, 1.165) is 0 Å². The summed E-state index contributed by atoms with van der Waals surface area (Å²) in [4.78, 5) is 10.3. The number of benzene rings is 1. The molecule has 0 aliphatic heterocycles. The third-order valence-electron chi connectivity index (χ3n) is 1.74. The zero-order chi connectivity index (χ0) is 12.6. The molecule has 16 heavy (non-hydrogen) atoms. The predicted molar refractivity (Wildman–Crippen MR) is 38.2 cm³/mol. The molecule has 1 rings (SSSR count). The number of carboxylic acids is 1. The van der Waals surface area contributed by atoms with E-state index in [2.05, 4.69) is 0 Å². The van der Waals surface area contributed by atoms with Crippen LogP contribution in [0.3, 0.4) is 0 Å². The van der Waals surface area contributed by atoms with Gasteiger partial charge in [-0.1, -0.05) is 0 Å². The van der Waals surface area contributed by atoms with Gasteiger partial charge in [-0.05, 0) is 0 Å². The lowest BCUT2D eigenvalue weighted by molar-refractivity contribution is 0.0673. The van der Waals surface area contributed by atoms with Crippen molar-refractivity contribution in [3.05, 3.63) is 34.4 Å². The van der Waals surface area contributed by atoms with Crippen LogP contribution >= 0.6 is 0 Å². The summed E-state index contributed by atoms with van der Waals surface area (Å²) in [7, 11) is 0. The van der Waals surface area contributed by atoms with E-state index in [1.807, 2.05) is 0 Å². The van der Waals surface area contributed by atoms with Gasteiger partial charge in [0.25, 0.3) is 6.43 Å². The SMILES string of the molecule is O=C(O)c1c(F)c(F)c(F)c(F)c1C(F)F. The van der Waals surface area contributed by atoms with Crippen LogP contribution in [0.2, 0.25) is 0 Å². The van der Waals surface area contributed by atoms with Gasteiger partial charge >= 0.3 is 5.97 Å². The van der Waals surface area contributed by atoms with Crippen LogP contribution in [0, 0.1) is 23.3 Å². The summed E-state index contributed by atoms with van der Waals surface area (Å²) in [5.41, 5.74) is -3.92. The molecule has 1 aromatic rings. The average Bonchev–Trinajstić information content (AvgIpc) is 2.18. The second kappa shape index (κ2) is 4.03. The Hall–Kier alpha value is -1.73. The minimum atomic E-state index is -3.78. The number of hydrogen-bond acceptors (Lipinski definition) is 1. The standard InChI is InChI=1S/C8H2F6O2/c9-3-1(7(13)14)2(8(15)16)4(10)6(12)5(3)11/h7H,(H,15,16). The molecule has 88 valence electrons.